The average molecular weight is 390 g/mol. The monoisotopic (exact) mass is 389 g/mol. The Morgan fingerprint density at radius 2 is 1.78 bits per heavy atom. The lowest BCUT2D eigenvalue weighted by Crippen LogP contribution is -2.46. The maximum atomic E-state index is 12.7. The van der Waals surface area contributed by atoms with Crippen LogP contribution in [0.4, 0.5) is 4.79 Å². The fraction of sp³-hybridized carbons (Fsp3) is 0.333. The number of ether oxygens (including phenoxy) is 2. The number of benzene rings is 2. The number of rotatable bonds is 5. The molecule has 1 amide bonds. The lowest BCUT2D eigenvalue weighted by atomic mass is 10.1. The van der Waals surface area contributed by atoms with E-state index in [1.54, 1.807) is 45.9 Å². The van der Waals surface area contributed by atoms with E-state index in [4.69, 9.17) is 21.1 Å². The first-order chi connectivity index (χ1) is 12.6. The molecule has 2 aromatic rings. The van der Waals surface area contributed by atoms with E-state index < -0.39 is 23.7 Å². The van der Waals surface area contributed by atoms with Crippen molar-refractivity contribution in [3.05, 3.63) is 64.7 Å². The standard InChI is InChI=1S/C21H24ClNO4/c1-14-12-16(22)10-11-18(14)26-19(24)17(13-15-8-6-5-7-9-15)23-20(25)27-21(2,3)4/h5-12,17H,13H2,1-4H3,(H,23,25)/t17-/m0/s1. The van der Waals surface area contributed by atoms with Crippen LogP contribution in [-0.2, 0) is 16.0 Å². The summed E-state index contributed by atoms with van der Waals surface area (Å²) in [7, 11) is 0. The zero-order chi connectivity index (χ0) is 20.0. The van der Waals surface area contributed by atoms with Crippen LogP contribution < -0.4 is 10.1 Å². The van der Waals surface area contributed by atoms with Crippen molar-refractivity contribution in [2.75, 3.05) is 0 Å². The summed E-state index contributed by atoms with van der Waals surface area (Å²) in [5.41, 5.74) is 0.952. The number of hydrogen-bond donors (Lipinski definition) is 1. The van der Waals surface area contributed by atoms with Gasteiger partial charge in [-0.25, -0.2) is 9.59 Å². The molecule has 0 fully saturated rings. The Morgan fingerprint density at radius 3 is 2.37 bits per heavy atom. The summed E-state index contributed by atoms with van der Waals surface area (Å²) < 4.78 is 10.8. The molecule has 0 spiro atoms. The number of carbonyl (C=O) groups is 2. The van der Waals surface area contributed by atoms with E-state index in [-0.39, 0.29) is 6.42 Å². The molecule has 0 unspecified atom stereocenters. The van der Waals surface area contributed by atoms with Crippen LogP contribution in [0.25, 0.3) is 0 Å². The molecule has 0 radical (unpaired) electrons. The molecule has 0 saturated carbocycles. The van der Waals surface area contributed by atoms with Crippen molar-refractivity contribution < 1.29 is 19.1 Å². The third-order valence-corrected chi connectivity index (χ3v) is 3.84. The Kier molecular flexibility index (Phi) is 6.86. The van der Waals surface area contributed by atoms with Gasteiger partial charge in [0, 0.05) is 11.4 Å². The van der Waals surface area contributed by atoms with E-state index in [0.29, 0.717) is 10.8 Å². The Bertz CT molecular complexity index is 800. The predicted molar refractivity (Wildman–Crippen MR) is 105 cm³/mol. The molecule has 2 aromatic carbocycles. The second kappa shape index (κ2) is 8.91. The minimum Gasteiger partial charge on any atom is -0.444 e. The molecule has 0 aliphatic carbocycles. The minimum atomic E-state index is -0.891. The minimum absolute atomic E-state index is 0.283. The Balaban J connectivity index is 2.16. The molecule has 2 rings (SSSR count). The first-order valence-electron chi connectivity index (χ1n) is 8.65. The molecule has 1 N–H and O–H groups in total. The SMILES string of the molecule is Cc1cc(Cl)ccc1OC(=O)[C@H](Cc1ccccc1)NC(=O)OC(C)(C)C. The van der Waals surface area contributed by atoms with Gasteiger partial charge in [0.25, 0.3) is 0 Å². The third kappa shape index (κ3) is 6.94. The second-order valence-corrected chi connectivity index (χ2v) is 7.66. The van der Waals surface area contributed by atoms with Gasteiger partial charge in [-0.1, -0.05) is 41.9 Å². The van der Waals surface area contributed by atoms with Crippen LogP contribution in [0.2, 0.25) is 5.02 Å². The largest absolute Gasteiger partial charge is 0.444 e. The predicted octanol–water partition coefficient (Wildman–Crippen LogP) is 4.69. The zero-order valence-electron chi connectivity index (χ0n) is 15.9. The number of amides is 1. The number of carbonyl (C=O) groups excluding carboxylic acids is 2. The topological polar surface area (TPSA) is 64.6 Å². The van der Waals surface area contributed by atoms with Gasteiger partial charge in [-0.15, -0.1) is 0 Å². The fourth-order valence-corrected chi connectivity index (χ4v) is 2.63. The van der Waals surface area contributed by atoms with Gasteiger partial charge in [0.2, 0.25) is 0 Å². The van der Waals surface area contributed by atoms with E-state index >= 15 is 0 Å². The summed E-state index contributed by atoms with van der Waals surface area (Å²) >= 11 is 5.94. The van der Waals surface area contributed by atoms with Crippen LogP contribution in [0.3, 0.4) is 0 Å². The van der Waals surface area contributed by atoms with Crippen molar-refractivity contribution in [3.63, 3.8) is 0 Å². The molecule has 0 aromatic heterocycles. The summed E-state index contributed by atoms with van der Waals surface area (Å²) in [5, 5.41) is 3.17. The summed E-state index contributed by atoms with van der Waals surface area (Å²) in [6.45, 7) is 7.07. The number of halogens is 1. The Labute approximate surface area is 164 Å². The van der Waals surface area contributed by atoms with Crippen molar-refractivity contribution in [1.29, 1.82) is 0 Å². The zero-order valence-corrected chi connectivity index (χ0v) is 16.7. The first kappa shape index (κ1) is 20.8. The van der Waals surface area contributed by atoms with Crippen molar-refractivity contribution in [1.82, 2.24) is 5.32 Å². The lowest BCUT2D eigenvalue weighted by Gasteiger charge is -2.23. The van der Waals surface area contributed by atoms with Gasteiger partial charge in [0.15, 0.2) is 0 Å². The van der Waals surface area contributed by atoms with Crippen LogP contribution in [-0.4, -0.2) is 23.7 Å². The summed E-state index contributed by atoms with van der Waals surface area (Å²) in [6.07, 6.45) is -0.390. The number of hydrogen-bond acceptors (Lipinski definition) is 4. The van der Waals surface area contributed by atoms with Crippen molar-refractivity contribution in [2.24, 2.45) is 0 Å². The highest BCUT2D eigenvalue weighted by molar-refractivity contribution is 6.30. The quantitative estimate of drug-likeness (QED) is 0.595. The molecule has 0 saturated heterocycles. The van der Waals surface area contributed by atoms with Crippen LogP contribution in [0.5, 0.6) is 5.75 Å². The second-order valence-electron chi connectivity index (χ2n) is 7.22. The highest BCUT2D eigenvalue weighted by atomic mass is 35.5. The molecular formula is C21H24ClNO4. The maximum Gasteiger partial charge on any atom is 0.408 e. The van der Waals surface area contributed by atoms with Gasteiger partial charge in [-0.05, 0) is 57.0 Å². The molecule has 0 aliphatic heterocycles. The maximum absolute atomic E-state index is 12.7. The van der Waals surface area contributed by atoms with Crippen LogP contribution >= 0.6 is 11.6 Å². The van der Waals surface area contributed by atoms with Gasteiger partial charge in [0.1, 0.15) is 17.4 Å². The molecule has 0 heterocycles. The van der Waals surface area contributed by atoms with E-state index in [2.05, 4.69) is 5.32 Å². The van der Waals surface area contributed by atoms with Crippen LogP contribution in [0.1, 0.15) is 31.9 Å². The van der Waals surface area contributed by atoms with E-state index in [1.807, 2.05) is 30.3 Å². The summed E-state index contributed by atoms with van der Waals surface area (Å²) in [6, 6.07) is 13.5. The van der Waals surface area contributed by atoms with Gasteiger partial charge in [-0.2, -0.15) is 0 Å². The average Bonchev–Trinajstić information content (AvgIpc) is 2.56. The third-order valence-electron chi connectivity index (χ3n) is 3.61. The number of aryl methyl sites for hydroxylation is 1. The smallest absolute Gasteiger partial charge is 0.408 e. The fourth-order valence-electron chi connectivity index (χ4n) is 2.40. The van der Waals surface area contributed by atoms with Crippen LogP contribution in [0.15, 0.2) is 48.5 Å². The first-order valence-corrected chi connectivity index (χ1v) is 9.03. The molecule has 5 nitrogen and oxygen atoms in total. The summed E-state index contributed by atoms with van der Waals surface area (Å²) in [4.78, 5) is 24.9. The van der Waals surface area contributed by atoms with Gasteiger partial charge >= 0.3 is 12.1 Å². The Hall–Kier alpha value is -2.53. The summed E-state index contributed by atoms with van der Waals surface area (Å²) in [5.74, 6) is -0.177. The van der Waals surface area contributed by atoms with Crippen molar-refractivity contribution in [2.45, 2.75) is 45.8 Å². The molecule has 6 heteroatoms. The van der Waals surface area contributed by atoms with Gasteiger partial charge < -0.3 is 14.8 Å². The van der Waals surface area contributed by atoms with Gasteiger partial charge in [0.05, 0.1) is 0 Å². The number of esters is 1. The van der Waals surface area contributed by atoms with Crippen molar-refractivity contribution >= 4 is 23.7 Å². The highest BCUT2D eigenvalue weighted by Gasteiger charge is 2.26. The number of alkyl carbamates (subject to hydrolysis) is 1. The normalized spacial score (nSPS) is 12.2. The van der Waals surface area contributed by atoms with E-state index in [9.17, 15) is 9.59 Å². The lowest BCUT2D eigenvalue weighted by molar-refractivity contribution is -0.136. The van der Waals surface area contributed by atoms with E-state index in [0.717, 1.165) is 11.1 Å². The van der Waals surface area contributed by atoms with Crippen LogP contribution in [0, 0.1) is 6.92 Å². The number of nitrogens with one attached hydrogen (secondary N) is 1. The molecule has 0 bridgehead atoms. The molecule has 144 valence electrons. The van der Waals surface area contributed by atoms with E-state index in [1.165, 1.54) is 0 Å². The molecular weight excluding hydrogens is 366 g/mol. The highest BCUT2D eigenvalue weighted by Crippen LogP contribution is 2.22. The van der Waals surface area contributed by atoms with Gasteiger partial charge in [-0.3, -0.25) is 0 Å². The molecule has 27 heavy (non-hydrogen) atoms. The van der Waals surface area contributed by atoms with Crippen molar-refractivity contribution in [3.8, 4) is 5.75 Å². The molecule has 0 aliphatic rings. The Morgan fingerprint density at radius 1 is 1.11 bits per heavy atom. The molecule has 1 atom stereocenters.